The van der Waals surface area contributed by atoms with Crippen molar-refractivity contribution in [3.8, 4) is 11.3 Å². The van der Waals surface area contributed by atoms with E-state index in [4.69, 9.17) is 4.42 Å². The van der Waals surface area contributed by atoms with Gasteiger partial charge in [0.15, 0.2) is 0 Å². The molecule has 4 rings (SSSR count). The first kappa shape index (κ1) is 18.3. The number of nitrogens with one attached hydrogen (secondary N) is 2. The van der Waals surface area contributed by atoms with Gasteiger partial charge in [-0.1, -0.05) is 12.1 Å². The van der Waals surface area contributed by atoms with E-state index in [1.165, 1.54) is 12.5 Å². The average molecular weight is 386 g/mol. The van der Waals surface area contributed by atoms with E-state index in [1.807, 2.05) is 36.4 Å². The zero-order chi connectivity index (χ0) is 19.9. The number of carbonyl (C=O) groups excluding carboxylic acids is 1. The molecule has 0 fully saturated rings. The number of hydrogen-bond donors (Lipinski definition) is 2. The van der Waals surface area contributed by atoms with Crippen molar-refractivity contribution >= 4 is 17.7 Å². The summed E-state index contributed by atoms with van der Waals surface area (Å²) in [6.45, 7) is 0. The van der Waals surface area contributed by atoms with Gasteiger partial charge in [0.25, 0.3) is 0 Å². The van der Waals surface area contributed by atoms with E-state index in [9.17, 15) is 4.79 Å². The summed E-state index contributed by atoms with van der Waals surface area (Å²) in [5.74, 6) is 0.387. The molecular formula is C21H18N6O2. The lowest BCUT2D eigenvalue weighted by Gasteiger charge is -2.05. The molecule has 0 aliphatic heterocycles. The minimum Gasteiger partial charge on any atom is -0.428 e. The van der Waals surface area contributed by atoms with Crippen LogP contribution in [0, 0.1) is 0 Å². The molecular weight excluding hydrogens is 368 g/mol. The summed E-state index contributed by atoms with van der Waals surface area (Å²) in [5.41, 5.74) is 4.35. The summed E-state index contributed by atoms with van der Waals surface area (Å²) >= 11 is 0. The van der Waals surface area contributed by atoms with E-state index in [1.54, 1.807) is 24.7 Å². The second-order valence-corrected chi connectivity index (χ2v) is 6.27. The zero-order valence-corrected chi connectivity index (χ0v) is 15.4. The van der Waals surface area contributed by atoms with Gasteiger partial charge in [0, 0.05) is 47.9 Å². The first-order valence-corrected chi connectivity index (χ1v) is 9.05. The summed E-state index contributed by atoms with van der Waals surface area (Å²) in [5, 5.41) is 17.3. The minimum atomic E-state index is -0.222. The maximum Gasteiger partial charge on any atom is 0.248 e. The van der Waals surface area contributed by atoms with Crippen LogP contribution in [0.15, 0.2) is 71.9 Å². The number of aryl methyl sites for hydroxylation is 2. The molecule has 2 N–H and O–H groups in total. The Balaban J connectivity index is 1.36. The number of carbonyl (C=O) groups is 1. The van der Waals surface area contributed by atoms with E-state index in [0.29, 0.717) is 12.3 Å². The molecule has 1 aromatic carbocycles. The van der Waals surface area contributed by atoms with Crippen LogP contribution in [0.25, 0.3) is 17.3 Å². The molecule has 4 aromatic rings. The van der Waals surface area contributed by atoms with Gasteiger partial charge < -0.3 is 9.73 Å². The van der Waals surface area contributed by atoms with E-state index in [2.05, 4.69) is 30.7 Å². The lowest BCUT2D eigenvalue weighted by atomic mass is 10.1. The molecule has 0 aliphatic rings. The van der Waals surface area contributed by atoms with Crippen molar-refractivity contribution < 1.29 is 9.21 Å². The first-order valence-electron chi connectivity index (χ1n) is 9.05. The van der Waals surface area contributed by atoms with Crippen LogP contribution < -0.4 is 5.32 Å². The number of rotatable bonds is 7. The quantitative estimate of drug-likeness (QED) is 0.472. The lowest BCUT2D eigenvalue weighted by molar-refractivity contribution is -0.111. The van der Waals surface area contributed by atoms with E-state index >= 15 is 0 Å². The maximum absolute atomic E-state index is 12.3. The van der Waals surface area contributed by atoms with Gasteiger partial charge in [-0.15, -0.1) is 10.2 Å². The molecule has 0 atom stereocenters. The Hall–Kier alpha value is -4.07. The third-order valence-electron chi connectivity index (χ3n) is 4.30. The molecule has 0 unspecified atom stereocenters. The number of pyridine rings is 1. The van der Waals surface area contributed by atoms with Gasteiger partial charge >= 0.3 is 0 Å². The van der Waals surface area contributed by atoms with Crippen LogP contribution in [0.5, 0.6) is 0 Å². The topological polar surface area (TPSA) is 110 Å². The highest BCUT2D eigenvalue weighted by Crippen LogP contribution is 2.21. The fraction of sp³-hybridized carbons (Fsp3) is 0.0952. The van der Waals surface area contributed by atoms with E-state index in [0.717, 1.165) is 34.5 Å². The molecule has 29 heavy (non-hydrogen) atoms. The van der Waals surface area contributed by atoms with Crippen LogP contribution in [-0.4, -0.2) is 31.3 Å². The summed E-state index contributed by atoms with van der Waals surface area (Å²) in [6.07, 6.45) is 11.1. The minimum absolute atomic E-state index is 0.222. The summed E-state index contributed by atoms with van der Waals surface area (Å²) in [4.78, 5) is 16.4. The Bertz CT molecular complexity index is 1090. The van der Waals surface area contributed by atoms with Crippen LogP contribution in [-0.2, 0) is 17.6 Å². The number of aromatic amines is 1. The molecule has 144 valence electrons. The molecule has 0 spiro atoms. The van der Waals surface area contributed by atoms with E-state index in [-0.39, 0.29) is 5.91 Å². The van der Waals surface area contributed by atoms with Gasteiger partial charge in [0.2, 0.25) is 18.2 Å². The third-order valence-corrected chi connectivity index (χ3v) is 4.30. The zero-order valence-electron chi connectivity index (χ0n) is 15.4. The Labute approximate surface area is 166 Å². The summed E-state index contributed by atoms with van der Waals surface area (Å²) in [6, 6.07) is 11.4. The van der Waals surface area contributed by atoms with Crippen molar-refractivity contribution in [3.05, 3.63) is 84.5 Å². The monoisotopic (exact) mass is 386 g/mol. The van der Waals surface area contributed by atoms with Crippen molar-refractivity contribution in [3.63, 3.8) is 0 Å². The SMILES string of the molecule is O=C(/C=C/c1cnccc1-c1cc[nH]n1)Nc1ccc(CCc2nnco2)cc1. The maximum atomic E-state index is 12.3. The molecule has 1 amide bonds. The molecule has 0 saturated heterocycles. The van der Waals surface area contributed by atoms with Crippen molar-refractivity contribution in [2.75, 3.05) is 5.32 Å². The number of nitrogens with zero attached hydrogens (tertiary/aromatic N) is 4. The van der Waals surface area contributed by atoms with Crippen molar-refractivity contribution in [1.82, 2.24) is 25.4 Å². The first-order chi connectivity index (χ1) is 14.3. The Kier molecular flexibility index (Phi) is 5.52. The fourth-order valence-corrected chi connectivity index (χ4v) is 2.84. The summed E-state index contributed by atoms with van der Waals surface area (Å²) in [7, 11) is 0. The Morgan fingerprint density at radius 3 is 2.79 bits per heavy atom. The Morgan fingerprint density at radius 1 is 1.14 bits per heavy atom. The average Bonchev–Trinajstić information content (AvgIpc) is 3.46. The number of aromatic nitrogens is 5. The van der Waals surface area contributed by atoms with Gasteiger partial charge in [-0.3, -0.25) is 14.9 Å². The van der Waals surface area contributed by atoms with Gasteiger partial charge in [-0.25, -0.2) is 0 Å². The van der Waals surface area contributed by atoms with Gasteiger partial charge in [-0.05, 0) is 42.3 Å². The Morgan fingerprint density at radius 2 is 2.03 bits per heavy atom. The largest absolute Gasteiger partial charge is 0.428 e. The standard InChI is InChI=1S/C21H18N6O2/c28-20(7-4-16-13-22-11-9-18(16)19-10-12-23-26-19)25-17-5-1-15(2-6-17)3-8-21-27-24-14-29-21/h1-2,4-7,9-14H,3,8H2,(H,23,26)(H,25,28)/b7-4+. The fourth-order valence-electron chi connectivity index (χ4n) is 2.84. The predicted molar refractivity (Wildman–Crippen MR) is 108 cm³/mol. The lowest BCUT2D eigenvalue weighted by Crippen LogP contribution is -2.07. The van der Waals surface area contributed by atoms with Crippen molar-refractivity contribution in [2.24, 2.45) is 0 Å². The van der Waals surface area contributed by atoms with Crippen LogP contribution in [0.3, 0.4) is 0 Å². The van der Waals surface area contributed by atoms with Gasteiger partial charge in [-0.2, -0.15) is 5.10 Å². The molecule has 8 nitrogen and oxygen atoms in total. The van der Waals surface area contributed by atoms with Crippen LogP contribution in [0.1, 0.15) is 17.0 Å². The van der Waals surface area contributed by atoms with Crippen molar-refractivity contribution in [1.29, 1.82) is 0 Å². The van der Waals surface area contributed by atoms with Gasteiger partial charge in [0.05, 0.1) is 5.69 Å². The molecule has 3 heterocycles. The number of H-pyrrole nitrogens is 1. The molecule has 0 radical (unpaired) electrons. The van der Waals surface area contributed by atoms with Crippen LogP contribution in [0.2, 0.25) is 0 Å². The number of benzene rings is 1. The molecule has 0 bridgehead atoms. The van der Waals surface area contributed by atoms with Crippen LogP contribution >= 0.6 is 0 Å². The number of anilines is 1. The van der Waals surface area contributed by atoms with Crippen molar-refractivity contribution in [2.45, 2.75) is 12.8 Å². The second-order valence-electron chi connectivity index (χ2n) is 6.27. The highest BCUT2D eigenvalue weighted by Gasteiger charge is 2.06. The molecule has 8 heteroatoms. The van der Waals surface area contributed by atoms with E-state index < -0.39 is 0 Å². The number of amides is 1. The smallest absolute Gasteiger partial charge is 0.248 e. The molecule has 3 aromatic heterocycles. The molecule has 0 aliphatic carbocycles. The third kappa shape index (κ3) is 4.81. The predicted octanol–water partition coefficient (Wildman–Crippen LogP) is 3.29. The molecule has 0 saturated carbocycles. The number of hydrogen-bond acceptors (Lipinski definition) is 6. The van der Waals surface area contributed by atoms with Gasteiger partial charge in [0.1, 0.15) is 0 Å². The summed E-state index contributed by atoms with van der Waals surface area (Å²) < 4.78 is 5.13. The highest BCUT2D eigenvalue weighted by atomic mass is 16.4. The highest BCUT2D eigenvalue weighted by molar-refractivity contribution is 6.02. The second kappa shape index (κ2) is 8.75. The normalized spacial score (nSPS) is 11.0. The van der Waals surface area contributed by atoms with Crippen LogP contribution in [0.4, 0.5) is 5.69 Å².